The number of nitrogens with one attached hydrogen (secondary N) is 2. The van der Waals surface area contributed by atoms with Crippen molar-refractivity contribution in [1.29, 1.82) is 0 Å². The smallest absolute Gasteiger partial charge is 0.267 e. The molecule has 4 N–H and O–H groups in total. The van der Waals surface area contributed by atoms with E-state index in [0.717, 1.165) is 44.3 Å². The fraction of sp³-hybridized carbons (Fsp3) is 0.320. The summed E-state index contributed by atoms with van der Waals surface area (Å²) in [6, 6.07) is 15.0. The number of hydroxylamine groups is 1. The molecule has 0 radical (unpaired) electrons. The molecule has 2 aromatic carbocycles. The fourth-order valence-electron chi connectivity index (χ4n) is 4.61. The molecule has 6 heteroatoms. The van der Waals surface area contributed by atoms with E-state index in [1.165, 1.54) is 33.7 Å². The number of para-hydroxylation sites is 1. The Hall–Kier alpha value is -2.93. The SMILES string of the molecule is O=C(/C=C/c1ccc2c(c1)CCC2N(CCCO)CCc1c[nH]c2ccccc12)NO. The zero-order valence-corrected chi connectivity index (χ0v) is 17.6. The van der Waals surface area contributed by atoms with E-state index >= 15 is 0 Å². The Bertz CT molecular complexity index is 1070. The van der Waals surface area contributed by atoms with Crippen LogP contribution in [0.25, 0.3) is 17.0 Å². The average Bonchev–Trinajstić information content (AvgIpc) is 3.41. The number of benzene rings is 2. The van der Waals surface area contributed by atoms with Gasteiger partial charge in [0.25, 0.3) is 5.91 Å². The molecule has 1 heterocycles. The van der Waals surface area contributed by atoms with Crippen molar-refractivity contribution in [2.75, 3.05) is 19.7 Å². The lowest BCUT2D eigenvalue weighted by atomic mass is 10.0. The van der Waals surface area contributed by atoms with Crippen LogP contribution in [0.15, 0.2) is 54.7 Å². The van der Waals surface area contributed by atoms with Gasteiger partial charge in [-0.3, -0.25) is 14.9 Å². The number of nitrogens with zero attached hydrogens (tertiary/aromatic N) is 1. The molecule has 3 aromatic rings. The third-order valence-electron chi connectivity index (χ3n) is 6.14. The number of carbonyl (C=O) groups is 1. The number of aromatic nitrogens is 1. The molecule has 1 aromatic heterocycles. The van der Waals surface area contributed by atoms with Crippen molar-refractivity contribution in [2.45, 2.75) is 31.7 Å². The predicted molar refractivity (Wildman–Crippen MR) is 122 cm³/mol. The van der Waals surface area contributed by atoms with E-state index < -0.39 is 5.91 Å². The Balaban J connectivity index is 1.50. The van der Waals surface area contributed by atoms with Crippen LogP contribution < -0.4 is 5.48 Å². The lowest BCUT2D eigenvalue weighted by Gasteiger charge is -2.29. The van der Waals surface area contributed by atoms with Crippen LogP contribution in [0.1, 0.15) is 41.1 Å². The van der Waals surface area contributed by atoms with Gasteiger partial charge in [0.05, 0.1) is 0 Å². The second kappa shape index (κ2) is 9.92. The van der Waals surface area contributed by atoms with Gasteiger partial charge in [0, 0.05) is 48.9 Å². The second-order valence-corrected chi connectivity index (χ2v) is 8.04. The molecule has 1 amide bonds. The van der Waals surface area contributed by atoms with Gasteiger partial charge in [0.1, 0.15) is 0 Å². The number of amides is 1. The number of fused-ring (bicyclic) bond motifs is 2. The highest BCUT2D eigenvalue weighted by Gasteiger charge is 2.27. The van der Waals surface area contributed by atoms with Gasteiger partial charge in [-0.05, 0) is 60.1 Å². The minimum absolute atomic E-state index is 0.194. The summed E-state index contributed by atoms with van der Waals surface area (Å²) in [7, 11) is 0. The van der Waals surface area contributed by atoms with Crippen molar-refractivity contribution in [3.8, 4) is 0 Å². The minimum atomic E-state index is -0.536. The van der Waals surface area contributed by atoms with E-state index in [9.17, 15) is 9.90 Å². The van der Waals surface area contributed by atoms with Crippen LogP contribution in [-0.4, -0.2) is 45.8 Å². The topological polar surface area (TPSA) is 88.6 Å². The van der Waals surface area contributed by atoms with Crippen molar-refractivity contribution in [3.63, 3.8) is 0 Å². The molecule has 0 saturated heterocycles. The number of aryl methyl sites for hydroxylation is 1. The maximum absolute atomic E-state index is 11.2. The zero-order chi connectivity index (χ0) is 21.6. The highest BCUT2D eigenvalue weighted by atomic mass is 16.5. The van der Waals surface area contributed by atoms with Crippen molar-refractivity contribution in [2.24, 2.45) is 0 Å². The molecule has 0 bridgehead atoms. The van der Waals surface area contributed by atoms with Gasteiger partial charge in [-0.2, -0.15) is 0 Å². The zero-order valence-electron chi connectivity index (χ0n) is 17.6. The first-order chi connectivity index (χ1) is 15.2. The first-order valence-corrected chi connectivity index (χ1v) is 10.8. The molecule has 1 atom stereocenters. The molecule has 1 aliphatic carbocycles. The number of hydrogen-bond donors (Lipinski definition) is 4. The van der Waals surface area contributed by atoms with Crippen molar-refractivity contribution < 1.29 is 15.1 Å². The Morgan fingerprint density at radius 3 is 2.94 bits per heavy atom. The molecule has 6 nitrogen and oxygen atoms in total. The van der Waals surface area contributed by atoms with E-state index in [0.29, 0.717) is 6.04 Å². The monoisotopic (exact) mass is 419 g/mol. The maximum Gasteiger partial charge on any atom is 0.267 e. The summed E-state index contributed by atoms with van der Waals surface area (Å²) >= 11 is 0. The van der Waals surface area contributed by atoms with Gasteiger partial charge >= 0.3 is 0 Å². The highest BCUT2D eigenvalue weighted by Crippen LogP contribution is 2.37. The fourth-order valence-corrected chi connectivity index (χ4v) is 4.61. The van der Waals surface area contributed by atoms with Crippen molar-refractivity contribution >= 4 is 22.9 Å². The average molecular weight is 420 g/mol. The summed E-state index contributed by atoms with van der Waals surface area (Å²) in [5.41, 5.74) is 7.69. The normalized spacial score (nSPS) is 15.8. The van der Waals surface area contributed by atoms with Crippen LogP contribution in [0.3, 0.4) is 0 Å². The molecule has 1 aliphatic rings. The van der Waals surface area contributed by atoms with Crippen molar-refractivity contribution in [3.05, 3.63) is 77.0 Å². The third-order valence-corrected chi connectivity index (χ3v) is 6.14. The maximum atomic E-state index is 11.2. The first-order valence-electron chi connectivity index (χ1n) is 10.8. The van der Waals surface area contributed by atoms with Gasteiger partial charge in [-0.25, -0.2) is 5.48 Å². The van der Waals surface area contributed by atoms with E-state index in [1.807, 2.05) is 12.1 Å². The number of carbonyl (C=O) groups excluding carboxylic acids is 1. The van der Waals surface area contributed by atoms with Crippen LogP contribution in [0.2, 0.25) is 0 Å². The van der Waals surface area contributed by atoms with E-state index in [2.05, 4.69) is 46.4 Å². The summed E-state index contributed by atoms with van der Waals surface area (Å²) in [6.45, 7) is 1.99. The Kier molecular flexibility index (Phi) is 6.82. The van der Waals surface area contributed by atoms with E-state index in [1.54, 1.807) is 11.6 Å². The van der Waals surface area contributed by atoms with Gasteiger partial charge in [0.15, 0.2) is 0 Å². The molecule has 0 spiro atoms. The molecule has 0 aliphatic heterocycles. The summed E-state index contributed by atoms with van der Waals surface area (Å²) in [5, 5.41) is 19.3. The number of H-pyrrole nitrogens is 1. The Morgan fingerprint density at radius 1 is 1.23 bits per heavy atom. The first kappa shape index (κ1) is 21.3. The van der Waals surface area contributed by atoms with Crippen LogP contribution in [0.4, 0.5) is 0 Å². The minimum Gasteiger partial charge on any atom is -0.396 e. The van der Waals surface area contributed by atoms with Gasteiger partial charge in [-0.1, -0.05) is 36.4 Å². The number of rotatable bonds is 9. The van der Waals surface area contributed by atoms with Crippen LogP contribution in [0.5, 0.6) is 0 Å². The summed E-state index contributed by atoms with van der Waals surface area (Å²) in [4.78, 5) is 17.1. The molecular weight excluding hydrogens is 390 g/mol. The lowest BCUT2D eigenvalue weighted by molar-refractivity contribution is -0.124. The van der Waals surface area contributed by atoms with E-state index in [4.69, 9.17) is 5.21 Å². The summed E-state index contributed by atoms with van der Waals surface area (Å²) in [6.07, 6.45) is 8.91. The quantitative estimate of drug-likeness (QED) is 0.242. The van der Waals surface area contributed by atoms with Gasteiger partial charge in [0.2, 0.25) is 0 Å². The molecule has 0 saturated carbocycles. The molecule has 31 heavy (non-hydrogen) atoms. The molecule has 1 unspecified atom stereocenters. The van der Waals surface area contributed by atoms with Crippen LogP contribution >= 0.6 is 0 Å². The third kappa shape index (κ3) is 4.88. The largest absolute Gasteiger partial charge is 0.396 e. The van der Waals surface area contributed by atoms with Crippen LogP contribution in [0, 0.1) is 0 Å². The second-order valence-electron chi connectivity index (χ2n) is 8.04. The summed E-state index contributed by atoms with van der Waals surface area (Å²) < 4.78 is 0. The number of hydrogen-bond acceptors (Lipinski definition) is 4. The molecule has 0 fully saturated rings. The molecule has 4 rings (SSSR count). The standard InChI is InChI=1S/C25H29N3O3/c29-15-3-13-28(14-12-20-17-26-23-5-2-1-4-21(20)23)24-10-8-19-16-18(6-9-22(19)24)7-11-25(30)27-31/h1-2,4-7,9,11,16-17,24,26,29,31H,3,8,10,12-15H2,(H,27,30)/b11-7+. The molecular formula is C25H29N3O3. The lowest BCUT2D eigenvalue weighted by Crippen LogP contribution is -2.31. The predicted octanol–water partition coefficient (Wildman–Crippen LogP) is 3.60. The Labute approximate surface area is 182 Å². The van der Waals surface area contributed by atoms with E-state index in [-0.39, 0.29) is 6.61 Å². The Morgan fingerprint density at radius 2 is 2.10 bits per heavy atom. The summed E-state index contributed by atoms with van der Waals surface area (Å²) in [5.74, 6) is -0.536. The van der Waals surface area contributed by atoms with Crippen molar-refractivity contribution in [1.82, 2.24) is 15.4 Å². The van der Waals surface area contributed by atoms with Gasteiger partial charge < -0.3 is 10.1 Å². The van der Waals surface area contributed by atoms with Crippen LogP contribution in [-0.2, 0) is 17.6 Å². The highest BCUT2D eigenvalue weighted by molar-refractivity contribution is 5.90. The molecule has 162 valence electrons. The number of aromatic amines is 1. The number of aliphatic hydroxyl groups is 1. The van der Waals surface area contributed by atoms with Gasteiger partial charge in [-0.15, -0.1) is 0 Å². The number of aliphatic hydroxyl groups excluding tert-OH is 1.